The van der Waals surface area contributed by atoms with Gasteiger partial charge < -0.3 is 10.3 Å². The molecule has 3 nitrogen and oxygen atoms in total. The van der Waals surface area contributed by atoms with Crippen LogP contribution in [0.2, 0.25) is 0 Å². The lowest BCUT2D eigenvalue weighted by molar-refractivity contribution is -0.137. The van der Waals surface area contributed by atoms with E-state index >= 15 is 0 Å². The smallest absolute Gasteiger partial charge is 0.328 e. The molecule has 1 aromatic carbocycles. The van der Waals surface area contributed by atoms with Gasteiger partial charge in [-0.25, -0.2) is 4.98 Å². The molecule has 1 aromatic heterocycles. The number of nitrogens with two attached hydrogens (primary N) is 1. The normalized spacial score (nSPS) is 18.0. The zero-order valence-corrected chi connectivity index (χ0v) is 11.9. The Kier molecular flexibility index (Phi) is 4.30. The molecule has 1 unspecified atom stereocenters. The molecule has 3 rings (SSSR count). The summed E-state index contributed by atoms with van der Waals surface area (Å²) >= 11 is 0. The molecule has 2 aromatic rings. The Morgan fingerprint density at radius 1 is 1.29 bits per heavy atom. The SMILES string of the molecule is Cl.NC1CCn2c(cnc2-c2cccc(C(F)(F)F)c2)C1. The van der Waals surface area contributed by atoms with Gasteiger partial charge in [-0.1, -0.05) is 12.1 Å². The summed E-state index contributed by atoms with van der Waals surface area (Å²) in [6, 6.07) is 5.38. The maximum Gasteiger partial charge on any atom is 0.416 e. The fourth-order valence-corrected chi connectivity index (χ4v) is 2.55. The average molecular weight is 318 g/mol. The number of nitrogens with zero attached hydrogens (tertiary/aromatic N) is 2. The molecule has 0 saturated carbocycles. The van der Waals surface area contributed by atoms with E-state index in [9.17, 15) is 13.2 Å². The van der Waals surface area contributed by atoms with Crippen LogP contribution in [0.1, 0.15) is 17.7 Å². The number of alkyl halides is 3. The van der Waals surface area contributed by atoms with E-state index in [4.69, 9.17) is 5.73 Å². The predicted octanol–water partition coefficient (Wildman–Crippen LogP) is 3.26. The summed E-state index contributed by atoms with van der Waals surface area (Å²) in [6.07, 6.45) is -1.11. The van der Waals surface area contributed by atoms with Gasteiger partial charge in [0.2, 0.25) is 0 Å². The van der Waals surface area contributed by atoms with Crippen molar-refractivity contribution in [3.8, 4) is 11.4 Å². The third-order valence-corrected chi connectivity index (χ3v) is 3.58. The van der Waals surface area contributed by atoms with Crippen molar-refractivity contribution in [1.29, 1.82) is 0 Å². The van der Waals surface area contributed by atoms with E-state index in [0.717, 1.165) is 24.2 Å². The number of imidazole rings is 1. The highest BCUT2D eigenvalue weighted by Crippen LogP contribution is 2.32. The van der Waals surface area contributed by atoms with Crippen LogP contribution in [-0.2, 0) is 19.1 Å². The van der Waals surface area contributed by atoms with Crippen molar-refractivity contribution < 1.29 is 13.2 Å². The predicted molar refractivity (Wildman–Crippen MR) is 76.2 cm³/mol. The van der Waals surface area contributed by atoms with Crippen LogP contribution in [-0.4, -0.2) is 15.6 Å². The van der Waals surface area contributed by atoms with Gasteiger partial charge in [0.1, 0.15) is 5.82 Å². The molecule has 21 heavy (non-hydrogen) atoms. The second-order valence-corrected chi connectivity index (χ2v) is 5.06. The van der Waals surface area contributed by atoms with Crippen molar-refractivity contribution in [2.45, 2.75) is 31.6 Å². The number of rotatable bonds is 1. The van der Waals surface area contributed by atoms with Crippen LogP contribution in [0.3, 0.4) is 0 Å². The number of hydrogen-bond acceptors (Lipinski definition) is 2. The Bertz CT molecular complexity index is 637. The summed E-state index contributed by atoms with van der Waals surface area (Å²) in [4.78, 5) is 4.27. The molecule has 1 aliphatic rings. The Morgan fingerprint density at radius 3 is 2.76 bits per heavy atom. The van der Waals surface area contributed by atoms with Crippen LogP contribution in [0.25, 0.3) is 11.4 Å². The molecule has 114 valence electrons. The molecule has 1 atom stereocenters. The van der Waals surface area contributed by atoms with Crippen LogP contribution < -0.4 is 5.73 Å². The molecule has 0 fully saturated rings. The van der Waals surface area contributed by atoms with E-state index in [1.54, 1.807) is 12.3 Å². The number of fused-ring (bicyclic) bond motifs is 1. The summed E-state index contributed by atoms with van der Waals surface area (Å²) < 4.78 is 40.2. The van der Waals surface area contributed by atoms with Crippen molar-refractivity contribution >= 4 is 12.4 Å². The van der Waals surface area contributed by atoms with Crippen molar-refractivity contribution in [3.63, 3.8) is 0 Å². The first-order valence-corrected chi connectivity index (χ1v) is 6.43. The first-order chi connectivity index (χ1) is 9.45. The molecule has 0 radical (unpaired) electrons. The fraction of sp³-hybridized carbons (Fsp3) is 0.357. The molecule has 0 spiro atoms. The standard InChI is InChI=1S/C14H14F3N3.ClH/c15-14(16,17)10-3-1-2-9(6-10)13-19-8-12-7-11(18)4-5-20(12)13;/h1-3,6,8,11H,4-5,7,18H2;1H. The van der Waals surface area contributed by atoms with E-state index in [1.165, 1.54) is 6.07 Å². The minimum atomic E-state index is -4.34. The molecule has 0 bridgehead atoms. The third kappa shape index (κ3) is 3.06. The van der Waals surface area contributed by atoms with Crippen molar-refractivity contribution in [2.75, 3.05) is 0 Å². The number of halogens is 4. The van der Waals surface area contributed by atoms with Gasteiger partial charge in [0.15, 0.2) is 0 Å². The second kappa shape index (κ2) is 5.69. The van der Waals surface area contributed by atoms with E-state index in [-0.39, 0.29) is 18.4 Å². The van der Waals surface area contributed by atoms with Crippen molar-refractivity contribution in [1.82, 2.24) is 9.55 Å². The number of benzene rings is 1. The average Bonchev–Trinajstić information content (AvgIpc) is 2.80. The van der Waals surface area contributed by atoms with E-state index < -0.39 is 11.7 Å². The fourth-order valence-electron chi connectivity index (χ4n) is 2.55. The first-order valence-electron chi connectivity index (χ1n) is 6.43. The minimum Gasteiger partial charge on any atom is -0.328 e. The van der Waals surface area contributed by atoms with Crippen LogP contribution in [0.4, 0.5) is 13.2 Å². The van der Waals surface area contributed by atoms with Gasteiger partial charge in [-0.15, -0.1) is 12.4 Å². The zero-order valence-electron chi connectivity index (χ0n) is 11.1. The van der Waals surface area contributed by atoms with Crippen molar-refractivity contribution in [3.05, 3.63) is 41.7 Å². The van der Waals surface area contributed by atoms with Crippen LogP contribution in [0.5, 0.6) is 0 Å². The highest BCUT2D eigenvalue weighted by atomic mass is 35.5. The lowest BCUT2D eigenvalue weighted by atomic mass is 10.0. The number of hydrogen-bond donors (Lipinski definition) is 1. The molecule has 1 aliphatic heterocycles. The van der Waals surface area contributed by atoms with E-state index in [0.29, 0.717) is 24.4 Å². The Labute approximate surface area is 126 Å². The van der Waals surface area contributed by atoms with Gasteiger partial charge >= 0.3 is 6.18 Å². The van der Waals surface area contributed by atoms with Gasteiger partial charge in [0.25, 0.3) is 0 Å². The quantitative estimate of drug-likeness (QED) is 0.877. The first kappa shape index (κ1) is 15.9. The summed E-state index contributed by atoms with van der Waals surface area (Å²) in [5, 5.41) is 0. The van der Waals surface area contributed by atoms with E-state index in [2.05, 4.69) is 4.98 Å². The zero-order chi connectivity index (χ0) is 14.3. The Hall–Kier alpha value is -1.53. The maximum absolute atomic E-state index is 12.8. The molecule has 0 saturated heterocycles. The Balaban J connectivity index is 0.00000161. The molecular formula is C14H15ClF3N3. The lowest BCUT2D eigenvalue weighted by Crippen LogP contribution is -2.30. The van der Waals surface area contributed by atoms with Gasteiger partial charge in [0, 0.05) is 36.5 Å². The van der Waals surface area contributed by atoms with Crippen LogP contribution in [0, 0.1) is 0 Å². The van der Waals surface area contributed by atoms with Crippen molar-refractivity contribution in [2.24, 2.45) is 5.73 Å². The summed E-state index contributed by atoms with van der Waals surface area (Å²) in [7, 11) is 0. The van der Waals surface area contributed by atoms with E-state index in [1.807, 2.05) is 4.57 Å². The minimum absolute atomic E-state index is 0. The van der Waals surface area contributed by atoms with Crippen LogP contribution >= 0.6 is 12.4 Å². The molecule has 0 aliphatic carbocycles. The Morgan fingerprint density at radius 2 is 2.05 bits per heavy atom. The van der Waals surface area contributed by atoms with Crippen LogP contribution in [0.15, 0.2) is 30.5 Å². The largest absolute Gasteiger partial charge is 0.416 e. The van der Waals surface area contributed by atoms with Gasteiger partial charge in [0.05, 0.1) is 5.56 Å². The molecule has 2 heterocycles. The molecule has 2 N–H and O–H groups in total. The lowest BCUT2D eigenvalue weighted by Gasteiger charge is -2.22. The summed E-state index contributed by atoms with van der Waals surface area (Å²) in [5.41, 5.74) is 6.71. The molecule has 7 heteroatoms. The van der Waals surface area contributed by atoms with Gasteiger partial charge in [-0.2, -0.15) is 13.2 Å². The maximum atomic E-state index is 12.8. The molecule has 0 amide bonds. The summed E-state index contributed by atoms with van der Waals surface area (Å²) in [5.74, 6) is 0.581. The monoisotopic (exact) mass is 317 g/mol. The topological polar surface area (TPSA) is 43.8 Å². The summed E-state index contributed by atoms with van der Waals surface area (Å²) in [6.45, 7) is 0.697. The second-order valence-electron chi connectivity index (χ2n) is 5.06. The third-order valence-electron chi connectivity index (χ3n) is 3.58. The highest BCUT2D eigenvalue weighted by Gasteiger charge is 2.31. The highest BCUT2D eigenvalue weighted by molar-refractivity contribution is 5.85. The van der Waals surface area contributed by atoms with Gasteiger partial charge in [-0.05, 0) is 18.6 Å². The number of aromatic nitrogens is 2. The molecular weight excluding hydrogens is 303 g/mol. The van der Waals surface area contributed by atoms with Gasteiger partial charge in [-0.3, -0.25) is 0 Å².